The third-order valence-corrected chi connectivity index (χ3v) is 2.66. The van der Waals surface area contributed by atoms with Crippen molar-refractivity contribution in [2.24, 2.45) is 0 Å². The summed E-state index contributed by atoms with van der Waals surface area (Å²) >= 11 is 0. The molecule has 2 heteroatoms. The molecule has 0 fully saturated rings. The van der Waals surface area contributed by atoms with Crippen LogP contribution < -0.4 is 10.2 Å². The van der Waals surface area contributed by atoms with Gasteiger partial charge < -0.3 is 10.2 Å². The summed E-state index contributed by atoms with van der Waals surface area (Å²) in [5.74, 6) is 0. The van der Waals surface area contributed by atoms with Crippen molar-refractivity contribution in [2.75, 3.05) is 29.9 Å². The SMILES string of the molecule is CCCN1CCCNc2ccccc21. The van der Waals surface area contributed by atoms with Gasteiger partial charge in [0.25, 0.3) is 0 Å². The zero-order valence-electron chi connectivity index (χ0n) is 8.79. The molecule has 2 nitrogen and oxygen atoms in total. The molecule has 0 aromatic heterocycles. The molecule has 1 aliphatic rings. The minimum absolute atomic E-state index is 1.09. The fourth-order valence-electron chi connectivity index (χ4n) is 2.01. The molecule has 0 aliphatic carbocycles. The van der Waals surface area contributed by atoms with Gasteiger partial charge in [-0.1, -0.05) is 19.1 Å². The van der Waals surface area contributed by atoms with E-state index in [-0.39, 0.29) is 0 Å². The Bertz CT molecular complexity index is 296. The normalized spacial score (nSPS) is 15.6. The van der Waals surface area contributed by atoms with Crippen molar-refractivity contribution >= 4 is 11.4 Å². The lowest BCUT2D eigenvalue weighted by atomic mass is 10.2. The molecular weight excluding hydrogens is 172 g/mol. The molecule has 76 valence electrons. The molecular formula is C12H18N2. The van der Waals surface area contributed by atoms with Crippen LogP contribution in [0.3, 0.4) is 0 Å². The second-order valence-electron chi connectivity index (χ2n) is 3.78. The van der Waals surface area contributed by atoms with Gasteiger partial charge in [-0.2, -0.15) is 0 Å². The molecule has 0 saturated heterocycles. The maximum absolute atomic E-state index is 3.47. The number of nitrogens with one attached hydrogen (secondary N) is 1. The van der Waals surface area contributed by atoms with Gasteiger partial charge >= 0.3 is 0 Å². The van der Waals surface area contributed by atoms with E-state index < -0.39 is 0 Å². The quantitative estimate of drug-likeness (QED) is 0.771. The molecule has 1 aromatic carbocycles. The molecule has 0 spiro atoms. The van der Waals surface area contributed by atoms with E-state index in [4.69, 9.17) is 0 Å². The van der Waals surface area contributed by atoms with Crippen molar-refractivity contribution in [1.29, 1.82) is 0 Å². The van der Waals surface area contributed by atoms with E-state index in [2.05, 4.69) is 41.4 Å². The lowest BCUT2D eigenvalue weighted by Crippen LogP contribution is -2.24. The topological polar surface area (TPSA) is 15.3 Å². The van der Waals surface area contributed by atoms with Crippen LogP contribution in [0.15, 0.2) is 24.3 Å². The highest BCUT2D eigenvalue weighted by atomic mass is 15.2. The Hall–Kier alpha value is -1.18. The van der Waals surface area contributed by atoms with Crippen LogP contribution in [0.2, 0.25) is 0 Å². The Balaban J connectivity index is 2.27. The highest BCUT2D eigenvalue weighted by Gasteiger charge is 2.12. The van der Waals surface area contributed by atoms with E-state index in [0.29, 0.717) is 0 Å². The minimum Gasteiger partial charge on any atom is -0.383 e. The monoisotopic (exact) mass is 190 g/mol. The summed E-state index contributed by atoms with van der Waals surface area (Å²) in [4.78, 5) is 2.48. The Morgan fingerprint density at radius 3 is 3.07 bits per heavy atom. The van der Waals surface area contributed by atoms with Gasteiger partial charge in [0.05, 0.1) is 11.4 Å². The fraction of sp³-hybridized carbons (Fsp3) is 0.500. The first-order valence-corrected chi connectivity index (χ1v) is 5.49. The van der Waals surface area contributed by atoms with Gasteiger partial charge in [0, 0.05) is 19.6 Å². The molecule has 1 aliphatic heterocycles. The Morgan fingerprint density at radius 2 is 2.21 bits per heavy atom. The highest BCUT2D eigenvalue weighted by molar-refractivity contribution is 5.70. The summed E-state index contributed by atoms with van der Waals surface area (Å²) in [5, 5.41) is 3.47. The summed E-state index contributed by atoms with van der Waals surface area (Å²) < 4.78 is 0. The first-order valence-electron chi connectivity index (χ1n) is 5.49. The predicted octanol–water partition coefficient (Wildman–Crippen LogP) is 2.72. The number of benzene rings is 1. The van der Waals surface area contributed by atoms with Crippen LogP contribution >= 0.6 is 0 Å². The van der Waals surface area contributed by atoms with Crippen molar-refractivity contribution in [1.82, 2.24) is 0 Å². The Kier molecular flexibility index (Phi) is 2.92. The van der Waals surface area contributed by atoms with Crippen LogP contribution in [-0.2, 0) is 0 Å². The fourth-order valence-corrected chi connectivity index (χ4v) is 2.01. The van der Waals surface area contributed by atoms with E-state index in [9.17, 15) is 0 Å². The molecule has 14 heavy (non-hydrogen) atoms. The molecule has 1 heterocycles. The van der Waals surface area contributed by atoms with Gasteiger partial charge in [-0.25, -0.2) is 0 Å². The molecule has 1 N–H and O–H groups in total. The van der Waals surface area contributed by atoms with E-state index in [1.54, 1.807) is 0 Å². The van der Waals surface area contributed by atoms with Gasteiger partial charge in [0.2, 0.25) is 0 Å². The number of para-hydroxylation sites is 2. The third-order valence-electron chi connectivity index (χ3n) is 2.66. The third kappa shape index (κ3) is 1.84. The first-order chi connectivity index (χ1) is 6.92. The second kappa shape index (κ2) is 4.36. The Morgan fingerprint density at radius 1 is 1.36 bits per heavy atom. The summed E-state index contributed by atoms with van der Waals surface area (Å²) in [6, 6.07) is 8.60. The van der Waals surface area contributed by atoms with E-state index in [1.165, 1.54) is 37.3 Å². The Labute approximate surface area is 85.9 Å². The summed E-state index contributed by atoms with van der Waals surface area (Å²) in [6.45, 7) is 5.68. The van der Waals surface area contributed by atoms with Crippen molar-refractivity contribution in [3.05, 3.63) is 24.3 Å². The zero-order valence-corrected chi connectivity index (χ0v) is 8.79. The predicted molar refractivity (Wildman–Crippen MR) is 62.1 cm³/mol. The molecule has 0 unspecified atom stereocenters. The van der Waals surface area contributed by atoms with Gasteiger partial charge in [0.15, 0.2) is 0 Å². The first kappa shape index (κ1) is 9.38. The molecule has 0 atom stereocenters. The van der Waals surface area contributed by atoms with Crippen LogP contribution in [0, 0.1) is 0 Å². The molecule has 0 amide bonds. The molecule has 1 aromatic rings. The number of hydrogen-bond acceptors (Lipinski definition) is 2. The van der Waals surface area contributed by atoms with E-state index in [1.807, 2.05) is 0 Å². The smallest absolute Gasteiger partial charge is 0.0602 e. The summed E-state index contributed by atoms with van der Waals surface area (Å²) in [6.07, 6.45) is 2.45. The standard InChI is InChI=1S/C12H18N2/c1-2-9-14-10-5-8-13-11-6-3-4-7-12(11)14/h3-4,6-7,13H,2,5,8-10H2,1H3. The van der Waals surface area contributed by atoms with E-state index >= 15 is 0 Å². The summed E-state index contributed by atoms with van der Waals surface area (Å²) in [7, 11) is 0. The van der Waals surface area contributed by atoms with Crippen LogP contribution in [0.1, 0.15) is 19.8 Å². The number of anilines is 2. The van der Waals surface area contributed by atoms with Gasteiger partial charge in [0.1, 0.15) is 0 Å². The number of rotatable bonds is 2. The summed E-state index contributed by atoms with van der Waals surface area (Å²) in [5.41, 5.74) is 2.66. The average Bonchev–Trinajstić information content (AvgIpc) is 2.42. The van der Waals surface area contributed by atoms with E-state index in [0.717, 1.165) is 6.54 Å². The minimum atomic E-state index is 1.09. The number of fused-ring (bicyclic) bond motifs is 1. The van der Waals surface area contributed by atoms with Crippen LogP contribution in [-0.4, -0.2) is 19.6 Å². The van der Waals surface area contributed by atoms with Crippen molar-refractivity contribution in [2.45, 2.75) is 19.8 Å². The average molecular weight is 190 g/mol. The van der Waals surface area contributed by atoms with Crippen LogP contribution in [0.25, 0.3) is 0 Å². The van der Waals surface area contributed by atoms with Crippen molar-refractivity contribution in [3.63, 3.8) is 0 Å². The second-order valence-corrected chi connectivity index (χ2v) is 3.78. The molecule has 0 radical (unpaired) electrons. The molecule has 2 rings (SSSR count). The maximum atomic E-state index is 3.47. The molecule has 0 saturated carbocycles. The maximum Gasteiger partial charge on any atom is 0.0602 e. The highest BCUT2D eigenvalue weighted by Crippen LogP contribution is 2.27. The van der Waals surface area contributed by atoms with Crippen molar-refractivity contribution < 1.29 is 0 Å². The lowest BCUT2D eigenvalue weighted by molar-refractivity contribution is 0.743. The largest absolute Gasteiger partial charge is 0.383 e. The number of nitrogens with zero attached hydrogens (tertiary/aromatic N) is 1. The lowest BCUT2D eigenvalue weighted by Gasteiger charge is -2.23. The van der Waals surface area contributed by atoms with Crippen molar-refractivity contribution in [3.8, 4) is 0 Å². The van der Waals surface area contributed by atoms with Crippen LogP contribution in [0.4, 0.5) is 11.4 Å². The van der Waals surface area contributed by atoms with Gasteiger partial charge in [-0.15, -0.1) is 0 Å². The molecule has 0 bridgehead atoms. The number of hydrogen-bond donors (Lipinski definition) is 1. The van der Waals surface area contributed by atoms with Gasteiger partial charge in [-0.05, 0) is 25.0 Å². The van der Waals surface area contributed by atoms with Gasteiger partial charge in [-0.3, -0.25) is 0 Å². The zero-order chi connectivity index (χ0) is 9.80. The van der Waals surface area contributed by atoms with Crippen LogP contribution in [0.5, 0.6) is 0 Å².